The highest BCUT2D eigenvalue weighted by molar-refractivity contribution is 9.10. The van der Waals surface area contributed by atoms with Gasteiger partial charge in [0.05, 0.1) is 0 Å². The first-order chi connectivity index (χ1) is 7.15. The number of nitrogens with two attached hydrogens (primary N) is 1. The summed E-state index contributed by atoms with van der Waals surface area (Å²) in [5.74, 6) is 0.459. The Morgan fingerprint density at radius 3 is 2.80 bits per heavy atom. The van der Waals surface area contributed by atoms with Crippen LogP contribution in [0.2, 0.25) is 0 Å². The molecule has 0 aromatic heterocycles. The zero-order valence-corrected chi connectivity index (χ0v) is 10.1. The highest BCUT2D eigenvalue weighted by Gasteiger charge is 2.22. The van der Waals surface area contributed by atoms with Crippen molar-refractivity contribution in [1.29, 1.82) is 0 Å². The topological polar surface area (TPSA) is 26.0 Å². The summed E-state index contributed by atoms with van der Waals surface area (Å²) in [6.07, 6.45) is 4.09. The highest BCUT2D eigenvalue weighted by Crippen LogP contribution is 2.28. The van der Waals surface area contributed by atoms with Gasteiger partial charge in [0.15, 0.2) is 0 Å². The van der Waals surface area contributed by atoms with E-state index in [4.69, 9.17) is 5.73 Å². The lowest BCUT2D eigenvalue weighted by atomic mass is 9.97. The van der Waals surface area contributed by atoms with E-state index < -0.39 is 0 Å². The van der Waals surface area contributed by atoms with Gasteiger partial charge in [-0.25, -0.2) is 4.39 Å². The molecule has 0 radical (unpaired) electrons. The Hall–Kier alpha value is -0.410. The molecular weight excluding hydrogens is 257 g/mol. The monoisotopic (exact) mass is 271 g/mol. The van der Waals surface area contributed by atoms with Crippen LogP contribution in [-0.4, -0.2) is 6.04 Å². The average Bonchev–Trinajstić information content (AvgIpc) is 2.56. The van der Waals surface area contributed by atoms with Crippen LogP contribution in [-0.2, 0) is 6.42 Å². The van der Waals surface area contributed by atoms with Crippen molar-refractivity contribution in [1.82, 2.24) is 0 Å². The van der Waals surface area contributed by atoms with Crippen LogP contribution in [0.1, 0.15) is 24.8 Å². The zero-order chi connectivity index (χ0) is 10.8. The van der Waals surface area contributed by atoms with Crippen molar-refractivity contribution in [2.24, 2.45) is 11.7 Å². The fourth-order valence-electron chi connectivity index (χ4n) is 2.30. The van der Waals surface area contributed by atoms with E-state index in [1.54, 1.807) is 0 Å². The van der Waals surface area contributed by atoms with E-state index in [0.29, 0.717) is 12.0 Å². The second-order valence-electron chi connectivity index (χ2n) is 4.38. The molecule has 3 heteroatoms. The van der Waals surface area contributed by atoms with Crippen molar-refractivity contribution in [2.45, 2.75) is 31.7 Å². The molecule has 1 aliphatic rings. The molecule has 1 aromatic carbocycles. The van der Waals surface area contributed by atoms with E-state index in [9.17, 15) is 4.39 Å². The summed E-state index contributed by atoms with van der Waals surface area (Å²) in [7, 11) is 0. The number of rotatable bonds is 2. The van der Waals surface area contributed by atoms with Gasteiger partial charge in [-0.3, -0.25) is 0 Å². The molecule has 0 spiro atoms. The normalized spacial score (nSPS) is 25.8. The minimum Gasteiger partial charge on any atom is -0.328 e. The van der Waals surface area contributed by atoms with Crippen molar-refractivity contribution < 1.29 is 4.39 Å². The number of benzene rings is 1. The summed E-state index contributed by atoms with van der Waals surface area (Å²) < 4.78 is 14.3. The Bertz CT molecular complexity index is 353. The van der Waals surface area contributed by atoms with Gasteiger partial charge in [0.25, 0.3) is 0 Å². The lowest BCUT2D eigenvalue weighted by Gasteiger charge is -2.10. The summed E-state index contributed by atoms with van der Waals surface area (Å²) in [4.78, 5) is 0. The Morgan fingerprint density at radius 1 is 1.40 bits per heavy atom. The summed E-state index contributed by atoms with van der Waals surface area (Å²) in [6, 6.07) is 5.62. The van der Waals surface area contributed by atoms with Gasteiger partial charge < -0.3 is 5.73 Å². The van der Waals surface area contributed by atoms with E-state index in [-0.39, 0.29) is 5.82 Å². The van der Waals surface area contributed by atoms with Crippen molar-refractivity contribution in [2.75, 3.05) is 0 Å². The fraction of sp³-hybridized carbons (Fsp3) is 0.500. The largest absolute Gasteiger partial charge is 0.328 e. The molecule has 2 rings (SSSR count). The summed E-state index contributed by atoms with van der Waals surface area (Å²) in [6.45, 7) is 0. The van der Waals surface area contributed by atoms with Gasteiger partial charge in [-0.15, -0.1) is 0 Å². The Morgan fingerprint density at radius 2 is 2.20 bits per heavy atom. The minimum atomic E-state index is -0.107. The maximum Gasteiger partial charge on any atom is 0.127 e. The van der Waals surface area contributed by atoms with E-state index in [1.165, 1.54) is 6.07 Å². The lowest BCUT2D eigenvalue weighted by Crippen LogP contribution is -2.15. The molecular formula is C12H15BrFN. The van der Waals surface area contributed by atoms with Crippen molar-refractivity contribution >= 4 is 15.9 Å². The molecule has 15 heavy (non-hydrogen) atoms. The van der Waals surface area contributed by atoms with Crippen LogP contribution in [0.25, 0.3) is 0 Å². The third-order valence-corrected chi connectivity index (χ3v) is 3.60. The standard InChI is InChI=1S/C12H15BrFN/c13-10-3-2-9(12(14)7-10)5-8-1-4-11(15)6-8/h2-3,7-8,11H,1,4-6,15H2. The molecule has 1 aromatic rings. The molecule has 1 fully saturated rings. The molecule has 82 valence electrons. The number of hydrogen-bond acceptors (Lipinski definition) is 1. The maximum atomic E-state index is 13.5. The average molecular weight is 272 g/mol. The van der Waals surface area contributed by atoms with Crippen molar-refractivity contribution in [3.05, 3.63) is 34.1 Å². The summed E-state index contributed by atoms with van der Waals surface area (Å²) in [5, 5.41) is 0. The van der Waals surface area contributed by atoms with Crippen LogP contribution in [0.4, 0.5) is 4.39 Å². The van der Waals surface area contributed by atoms with Crippen LogP contribution in [0.15, 0.2) is 22.7 Å². The lowest BCUT2D eigenvalue weighted by molar-refractivity contribution is 0.513. The molecule has 0 aliphatic heterocycles. The molecule has 1 nitrogen and oxygen atoms in total. The van der Waals surface area contributed by atoms with E-state index in [2.05, 4.69) is 15.9 Å². The quantitative estimate of drug-likeness (QED) is 0.878. The van der Waals surface area contributed by atoms with Gasteiger partial charge in [-0.1, -0.05) is 22.0 Å². The Labute approximate surface area is 98.0 Å². The van der Waals surface area contributed by atoms with Gasteiger partial charge in [0, 0.05) is 10.5 Å². The summed E-state index contributed by atoms with van der Waals surface area (Å²) in [5.41, 5.74) is 6.66. The van der Waals surface area contributed by atoms with Crippen LogP contribution in [0.5, 0.6) is 0 Å². The van der Waals surface area contributed by atoms with Crippen LogP contribution in [0.3, 0.4) is 0 Å². The molecule has 0 amide bonds. The molecule has 0 bridgehead atoms. The molecule has 2 unspecified atom stereocenters. The Kier molecular flexibility index (Phi) is 3.42. The summed E-state index contributed by atoms with van der Waals surface area (Å²) >= 11 is 3.26. The fourth-order valence-corrected chi connectivity index (χ4v) is 2.63. The number of hydrogen-bond donors (Lipinski definition) is 1. The second kappa shape index (κ2) is 4.62. The molecule has 1 aliphatic carbocycles. The molecule has 1 saturated carbocycles. The third kappa shape index (κ3) is 2.79. The molecule has 0 saturated heterocycles. The first-order valence-electron chi connectivity index (χ1n) is 5.34. The first kappa shape index (κ1) is 11.1. The highest BCUT2D eigenvalue weighted by atomic mass is 79.9. The van der Waals surface area contributed by atoms with Gasteiger partial charge in [0.1, 0.15) is 5.82 Å². The minimum absolute atomic E-state index is 0.107. The SMILES string of the molecule is NC1CCC(Cc2ccc(Br)cc2F)C1. The van der Waals surface area contributed by atoms with Crippen LogP contribution >= 0.6 is 15.9 Å². The third-order valence-electron chi connectivity index (χ3n) is 3.11. The van der Waals surface area contributed by atoms with Gasteiger partial charge in [-0.05, 0) is 49.3 Å². The molecule has 2 atom stereocenters. The van der Waals surface area contributed by atoms with E-state index in [0.717, 1.165) is 35.7 Å². The zero-order valence-electron chi connectivity index (χ0n) is 8.55. The van der Waals surface area contributed by atoms with Crippen molar-refractivity contribution in [3.63, 3.8) is 0 Å². The second-order valence-corrected chi connectivity index (χ2v) is 5.29. The molecule has 0 heterocycles. The first-order valence-corrected chi connectivity index (χ1v) is 6.14. The van der Waals surface area contributed by atoms with E-state index >= 15 is 0 Å². The van der Waals surface area contributed by atoms with Crippen LogP contribution < -0.4 is 5.73 Å². The maximum absolute atomic E-state index is 13.5. The smallest absolute Gasteiger partial charge is 0.127 e. The predicted octanol–water partition coefficient (Wildman–Crippen LogP) is 3.26. The van der Waals surface area contributed by atoms with Gasteiger partial charge >= 0.3 is 0 Å². The molecule has 2 N–H and O–H groups in total. The van der Waals surface area contributed by atoms with Gasteiger partial charge in [-0.2, -0.15) is 0 Å². The van der Waals surface area contributed by atoms with Gasteiger partial charge in [0.2, 0.25) is 0 Å². The van der Waals surface area contributed by atoms with Crippen molar-refractivity contribution in [3.8, 4) is 0 Å². The van der Waals surface area contributed by atoms with Crippen LogP contribution in [0, 0.1) is 11.7 Å². The Balaban J connectivity index is 2.04. The number of halogens is 2. The van der Waals surface area contributed by atoms with E-state index in [1.807, 2.05) is 12.1 Å². The predicted molar refractivity (Wildman–Crippen MR) is 63.1 cm³/mol.